The minimum absolute atomic E-state index is 0. The summed E-state index contributed by atoms with van der Waals surface area (Å²) in [7, 11) is -10.2. The maximum atomic E-state index is 10.1. The molecule has 0 aliphatic heterocycles. The topological polar surface area (TPSA) is 154 Å². The largest absolute Gasteiger partial charge is 0.473 e. The van der Waals surface area contributed by atoms with Crippen molar-refractivity contribution in [2.24, 2.45) is 0 Å². The van der Waals surface area contributed by atoms with Gasteiger partial charge in [0.05, 0.1) is 0 Å². The predicted octanol–water partition coefficient (Wildman–Crippen LogP) is -1.13. The molecule has 0 aromatic rings. The Morgan fingerprint density at radius 1 is 1.00 bits per heavy atom. The van der Waals surface area contributed by atoms with E-state index in [-0.39, 0.29) is 19.5 Å². The van der Waals surface area contributed by atoms with E-state index in [1.54, 1.807) is 0 Å². The van der Waals surface area contributed by atoms with Gasteiger partial charge in [0.1, 0.15) is 0 Å². The Bertz CT molecular complexity index is 236. The number of hydrogen-bond acceptors (Lipinski definition) is 5. The maximum Gasteiger partial charge on any atom is 0.473 e. The molecule has 0 aromatic carbocycles. The van der Waals surface area contributed by atoms with Gasteiger partial charge in [-0.1, -0.05) is 0 Å². The van der Waals surface area contributed by atoms with Gasteiger partial charge in [-0.3, -0.25) is 0 Å². The third kappa shape index (κ3) is 10.9. The van der Waals surface area contributed by atoms with E-state index in [2.05, 4.69) is 9.05 Å². The van der Waals surface area contributed by atoms with Crippen molar-refractivity contribution in [3.8, 4) is 0 Å². The Morgan fingerprint density at radius 3 is 1.36 bits per heavy atom. The summed E-state index contributed by atoms with van der Waals surface area (Å²) in [5.74, 6) is -3.06. The van der Waals surface area contributed by atoms with E-state index in [1.807, 2.05) is 0 Å². The fraction of sp³-hybridized carbons (Fsp3) is 1.00. The molecule has 0 bridgehead atoms. The predicted molar refractivity (Wildman–Crippen MR) is 36.9 cm³/mol. The van der Waals surface area contributed by atoms with Crippen LogP contribution in [0.4, 0.5) is 0 Å². The first-order valence-electron chi connectivity index (χ1n) is 2.66. The molecule has 0 atom stereocenters. The fourth-order valence-corrected chi connectivity index (χ4v) is 1.47. The van der Waals surface area contributed by atoms with Crippen LogP contribution in [0.2, 0.25) is 0 Å². The molecule has 0 rings (SSSR count). The smallest absolute Gasteiger partial charge is 0.343 e. The third-order valence-electron chi connectivity index (χ3n) is 0.577. The summed E-state index contributed by atoms with van der Waals surface area (Å²) in [6, 6.07) is 0. The van der Waals surface area contributed by atoms with Gasteiger partial charge < -0.3 is 24.7 Å². The summed E-state index contributed by atoms with van der Waals surface area (Å²) in [6.45, 7) is 0.519. The number of hydrogen-bond donors (Lipinski definition) is 5. The molecule has 0 unspecified atom stereocenters. The Balaban J connectivity index is 0. The van der Waals surface area contributed by atoms with Crippen molar-refractivity contribution in [2.45, 2.75) is 12.9 Å². The molecule has 12 heteroatoms. The first kappa shape index (κ1) is 17.2. The van der Waals surface area contributed by atoms with Gasteiger partial charge >= 0.3 is 15.6 Å². The van der Waals surface area contributed by atoms with Crippen LogP contribution in [-0.2, 0) is 37.7 Å². The first-order valence-corrected chi connectivity index (χ1v) is 5.72. The number of rotatable bonds is 4. The number of phosphoric acid groups is 2. The Kier molecular flexibility index (Phi) is 6.43. The van der Waals surface area contributed by atoms with Crippen molar-refractivity contribution < 1.29 is 62.3 Å². The average Bonchev–Trinajstić information content (AvgIpc) is 1.43. The van der Waals surface area contributed by atoms with Crippen molar-refractivity contribution in [2.75, 3.05) is 0 Å². The van der Waals surface area contributed by atoms with Gasteiger partial charge in [-0.15, -0.1) is 0 Å². The molecule has 0 radical (unpaired) electrons. The second-order valence-electron chi connectivity index (χ2n) is 2.06. The van der Waals surface area contributed by atoms with Crippen molar-refractivity contribution in [3.05, 3.63) is 0 Å². The number of aliphatic hydroxyl groups is 1. The fourth-order valence-electron chi connectivity index (χ4n) is 0.458. The minimum atomic E-state index is -5.09. The van der Waals surface area contributed by atoms with Gasteiger partial charge in [-0.25, -0.2) is 18.2 Å². The van der Waals surface area contributed by atoms with Gasteiger partial charge in [-0.05, 0) is 0 Å². The molecule has 0 aliphatic carbocycles. The molecule has 5 N–H and O–H groups in total. The minimum Gasteiger partial charge on any atom is -0.343 e. The van der Waals surface area contributed by atoms with Gasteiger partial charge in [0.25, 0.3) is 5.97 Å². The summed E-state index contributed by atoms with van der Waals surface area (Å²) in [4.78, 5) is 32.6. The Hall–Kier alpha value is 0.803. The van der Waals surface area contributed by atoms with Gasteiger partial charge in [0.15, 0.2) is 0 Å². The summed E-state index contributed by atoms with van der Waals surface area (Å²) in [5.41, 5.74) is 0. The molecule has 0 aromatic heterocycles. The van der Waals surface area contributed by atoms with Crippen LogP contribution in [0, 0.1) is 0 Å². The van der Waals surface area contributed by atoms with E-state index < -0.39 is 21.6 Å². The zero-order chi connectivity index (χ0) is 10.9. The zero-order valence-electron chi connectivity index (χ0n) is 6.97. The van der Waals surface area contributed by atoms with Crippen molar-refractivity contribution in [3.63, 3.8) is 0 Å². The monoisotopic (exact) mass is 302 g/mol. The molecule has 0 amide bonds. The van der Waals surface area contributed by atoms with E-state index in [9.17, 15) is 9.13 Å². The van der Waals surface area contributed by atoms with Gasteiger partial charge in [0, 0.05) is 26.4 Å². The molecule has 0 heterocycles. The van der Waals surface area contributed by atoms with Crippen molar-refractivity contribution >= 4 is 15.6 Å². The molecule has 14 heavy (non-hydrogen) atoms. The van der Waals surface area contributed by atoms with E-state index in [4.69, 9.17) is 24.7 Å². The summed E-state index contributed by atoms with van der Waals surface area (Å²) < 4.78 is 27.2. The summed E-state index contributed by atoms with van der Waals surface area (Å²) in [6.07, 6.45) is 0. The van der Waals surface area contributed by atoms with E-state index in [1.165, 1.54) is 0 Å². The van der Waals surface area contributed by atoms with Crippen LogP contribution in [0.15, 0.2) is 0 Å². The van der Waals surface area contributed by atoms with E-state index in [0.717, 1.165) is 0 Å². The van der Waals surface area contributed by atoms with Gasteiger partial charge in [0.2, 0.25) is 0 Å². The molecule has 0 fully saturated rings. The third-order valence-corrected chi connectivity index (χ3v) is 1.73. The van der Waals surface area contributed by atoms with Crippen LogP contribution in [-0.4, -0.2) is 30.7 Å². The van der Waals surface area contributed by atoms with Crippen LogP contribution < -0.4 is 0 Å². The van der Waals surface area contributed by atoms with Crippen LogP contribution in [0.25, 0.3) is 0 Å². The maximum absolute atomic E-state index is 10.1. The Labute approximate surface area is 91.3 Å². The molecule has 0 saturated heterocycles. The average molecular weight is 303 g/mol. The summed E-state index contributed by atoms with van der Waals surface area (Å²) in [5, 5.41) is 8.76. The van der Waals surface area contributed by atoms with E-state index >= 15 is 0 Å². The normalized spacial score (nSPS) is 13.6. The first-order chi connectivity index (χ1) is 5.41. The van der Waals surface area contributed by atoms with Crippen LogP contribution in [0.5, 0.6) is 0 Å². The van der Waals surface area contributed by atoms with Crippen molar-refractivity contribution in [1.29, 1.82) is 0 Å². The van der Waals surface area contributed by atoms with Crippen molar-refractivity contribution in [1.82, 2.24) is 0 Å². The van der Waals surface area contributed by atoms with Crippen LogP contribution in [0.3, 0.4) is 0 Å². The van der Waals surface area contributed by atoms with Gasteiger partial charge in [-0.2, -0.15) is 0 Å². The molecule has 0 aliphatic rings. The molecule has 0 spiro atoms. The molecule has 0 saturated carbocycles. The molecule has 9 nitrogen and oxygen atoms in total. The standard InChI is InChI=1S/C2H8O9P2.Zn/c1-2(3,10-12(4,5)6)11-13(7,8)9;/h3H,1H3,(H2,4,5,6)(H2,7,8,9);. The SMILES string of the molecule is CC(O)(OP(=O)(O)O)OP(=O)(O)O.[Zn]. The summed E-state index contributed by atoms with van der Waals surface area (Å²) >= 11 is 0. The van der Waals surface area contributed by atoms with Crippen LogP contribution >= 0.6 is 15.6 Å². The number of phosphoric ester groups is 2. The Morgan fingerprint density at radius 2 is 1.21 bits per heavy atom. The van der Waals surface area contributed by atoms with Crippen LogP contribution in [0.1, 0.15) is 6.92 Å². The molecule has 82 valence electrons. The second-order valence-corrected chi connectivity index (χ2v) is 4.39. The zero-order valence-corrected chi connectivity index (χ0v) is 11.7. The molecular formula is C2H8O9P2Zn. The molecular weight excluding hydrogens is 295 g/mol. The second kappa shape index (κ2) is 5.23. The van der Waals surface area contributed by atoms with E-state index in [0.29, 0.717) is 6.92 Å². The quantitative estimate of drug-likeness (QED) is 0.246.